The molecular formula is C32H32N4O6. The van der Waals surface area contributed by atoms with E-state index in [0.717, 1.165) is 27.8 Å². The highest BCUT2D eigenvalue weighted by Crippen LogP contribution is 2.33. The van der Waals surface area contributed by atoms with Gasteiger partial charge in [-0.25, -0.2) is 0 Å². The van der Waals surface area contributed by atoms with E-state index in [1.807, 2.05) is 37.3 Å². The van der Waals surface area contributed by atoms with Crippen LogP contribution in [0.15, 0.2) is 66.7 Å². The number of aromatic nitrogens is 1. The maximum atomic E-state index is 13.6. The van der Waals surface area contributed by atoms with Gasteiger partial charge in [-0.2, -0.15) is 0 Å². The molecule has 7 rings (SSSR count). The summed E-state index contributed by atoms with van der Waals surface area (Å²) in [5, 5.41) is 7.06. The molecule has 4 heterocycles. The van der Waals surface area contributed by atoms with Crippen molar-refractivity contribution in [3.05, 3.63) is 83.6 Å². The first-order valence-corrected chi connectivity index (χ1v) is 13.7. The zero-order valence-electron chi connectivity index (χ0n) is 23.7. The van der Waals surface area contributed by atoms with Crippen molar-refractivity contribution < 1.29 is 28.5 Å². The van der Waals surface area contributed by atoms with Crippen molar-refractivity contribution >= 4 is 28.4 Å². The van der Waals surface area contributed by atoms with E-state index in [0.29, 0.717) is 41.7 Å². The topological polar surface area (TPSA) is 111 Å². The molecule has 3 aliphatic heterocycles. The molecule has 3 aliphatic rings. The van der Waals surface area contributed by atoms with Crippen LogP contribution < -0.4 is 34.5 Å². The second-order valence-electron chi connectivity index (χ2n) is 10.4. The molecule has 216 valence electrons. The highest BCUT2D eigenvalue weighted by Gasteiger charge is 2.37. The molecule has 0 saturated carbocycles. The number of rotatable bonds is 3. The molecule has 42 heavy (non-hydrogen) atoms. The third kappa shape index (κ3) is 5.60. The Kier molecular flexibility index (Phi) is 7.43. The van der Waals surface area contributed by atoms with Crippen molar-refractivity contribution in [3.63, 3.8) is 0 Å². The van der Waals surface area contributed by atoms with Crippen LogP contribution in [0.5, 0.6) is 23.0 Å². The van der Waals surface area contributed by atoms with Crippen LogP contribution in [0.2, 0.25) is 0 Å². The number of para-hydroxylation sites is 1. The minimum Gasteiger partial charge on any atom is -0.497 e. The molecule has 1 saturated heterocycles. The summed E-state index contributed by atoms with van der Waals surface area (Å²) in [7, 11) is 3.09. The summed E-state index contributed by atoms with van der Waals surface area (Å²) >= 11 is 0. The van der Waals surface area contributed by atoms with Gasteiger partial charge in [0.05, 0.1) is 32.3 Å². The zero-order chi connectivity index (χ0) is 29.2. The first-order valence-electron chi connectivity index (χ1n) is 13.7. The summed E-state index contributed by atoms with van der Waals surface area (Å²) in [6.07, 6.45) is -0.381. The Morgan fingerprint density at radius 1 is 0.952 bits per heavy atom. The van der Waals surface area contributed by atoms with E-state index >= 15 is 0 Å². The van der Waals surface area contributed by atoms with Crippen LogP contribution in [0.1, 0.15) is 21.6 Å². The van der Waals surface area contributed by atoms with Crippen LogP contribution >= 0.6 is 0 Å². The van der Waals surface area contributed by atoms with Crippen molar-refractivity contribution in [1.82, 2.24) is 15.6 Å². The van der Waals surface area contributed by atoms with Gasteiger partial charge in [0.25, 0.3) is 11.8 Å². The number of amides is 2. The maximum absolute atomic E-state index is 13.6. The summed E-state index contributed by atoms with van der Waals surface area (Å²) in [5.41, 5.74) is 4.00. The van der Waals surface area contributed by atoms with Crippen molar-refractivity contribution in [2.45, 2.75) is 25.6 Å². The van der Waals surface area contributed by atoms with Gasteiger partial charge in [0, 0.05) is 53.1 Å². The number of nitrogens with zero attached hydrogens (tertiary/aromatic N) is 2. The van der Waals surface area contributed by atoms with Gasteiger partial charge in [-0.05, 0) is 43.3 Å². The lowest BCUT2D eigenvalue weighted by atomic mass is 10.1. The third-order valence-corrected chi connectivity index (χ3v) is 7.52. The summed E-state index contributed by atoms with van der Waals surface area (Å²) in [6.45, 7) is 3.06. The number of anilines is 1. The SMILES string of the molecule is COc1cc2cc(c1)C(=O)N[C@H]1CN(c3cc(C)nc4ccccc34)C[C@@H]1Oc1ccc(c(OC)c1)CNC(=O)CO2. The number of aryl methyl sites for hydroxylation is 1. The molecule has 10 heteroatoms. The lowest BCUT2D eigenvalue weighted by Gasteiger charge is -2.22. The van der Waals surface area contributed by atoms with E-state index < -0.39 is 0 Å². The Hall–Kier alpha value is -4.99. The molecule has 2 N–H and O–H groups in total. The van der Waals surface area contributed by atoms with Crippen molar-refractivity contribution in [2.24, 2.45) is 0 Å². The molecule has 4 bridgehead atoms. The maximum Gasteiger partial charge on any atom is 0.258 e. The summed E-state index contributed by atoms with van der Waals surface area (Å²) in [4.78, 5) is 33.1. The Morgan fingerprint density at radius 2 is 1.81 bits per heavy atom. The molecule has 1 aromatic heterocycles. The number of ether oxygens (including phenoxy) is 4. The fourth-order valence-electron chi connectivity index (χ4n) is 5.44. The summed E-state index contributed by atoms with van der Waals surface area (Å²) in [5.74, 6) is 1.35. The van der Waals surface area contributed by atoms with E-state index in [1.165, 1.54) is 7.11 Å². The van der Waals surface area contributed by atoms with Crippen LogP contribution in [-0.2, 0) is 11.3 Å². The number of carbonyl (C=O) groups excluding carboxylic acids is 2. The molecule has 10 nitrogen and oxygen atoms in total. The fourth-order valence-corrected chi connectivity index (χ4v) is 5.44. The van der Waals surface area contributed by atoms with Gasteiger partial charge in [-0.3, -0.25) is 14.6 Å². The lowest BCUT2D eigenvalue weighted by molar-refractivity contribution is -0.123. The van der Waals surface area contributed by atoms with Crippen LogP contribution in [0.3, 0.4) is 0 Å². The Bertz CT molecular complexity index is 1660. The molecule has 0 spiro atoms. The van der Waals surface area contributed by atoms with Crippen molar-refractivity contribution in [3.8, 4) is 23.0 Å². The van der Waals surface area contributed by atoms with Crippen molar-refractivity contribution in [2.75, 3.05) is 38.8 Å². The standard InChI is InChI=1S/C32H32N4O6/c1-19-10-28(25-6-4-5-7-26(25)34-19)36-16-27-30(17-36)42-22-9-8-20(29(14-22)40-3)15-33-31(37)18-41-24-12-21(32(38)35-27)11-23(13-24)39-2/h4-14,27,30H,15-18H2,1-3H3,(H,33,37)(H,35,38)/t27-,30-/m0/s1. The molecule has 0 aliphatic carbocycles. The first kappa shape index (κ1) is 27.2. The predicted molar refractivity (Wildman–Crippen MR) is 158 cm³/mol. The van der Waals surface area contributed by atoms with Crippen molar-refractivity contribution in [1.29, 1.82) is 0 Å². The number of hydrogen-bond donors (Lipinski definition) is 2. The molecule has 3 aromatic carbocycles. The van der Waals surface area contributed by atoms with Crippen LogP contribution in [0.25, 0.3) is 10.9 Å². The minimum atomic E-state index is -0.381. The molecule has 0 unspecified atom stereocenters. The molecule has 0 radical (unpaired) electrons. The van der Waals surface area contributed by atoms with Gasteiger partial charge in [-0.15, -0.1) is 0 Å². The summed E-state index contributed by atoms with van der Waals surface area (Å²) < 4.78 is 23.3. The Balaban J connectivity index is 1.39. The molecular weight excluding hydrogens is 536 g/mol. The predicted octanol–water partition coefficient (Wildman–Crippen LogP) is 3.64. The van der Waals surface area contributed by atoms with E-state index in [1.54, 1.807) is 31.4 Å². The second kappa shape index (κ2) is 11.5. The lowest BCUT2D eigenvalue weighted by Crippen LogP contribution is -2.45. The molecule has 2 amide bonds. The second-order valence-corrected chi connectivity index (χ2v) is 10.4. The summed E-state index contributed by atoms with van der Waals surface area (Å²) in [6, 6.07) is 20.1. The van der Waals surface area contributed by atoms with Gasteiger partial charge >= 0.3 is 0 Å². The number of fused-ring (bicyclic) bond motifs is 8. The van der Waals surface area contributed by atoms with E-state index in [9.17, 15) is 9.59 Å². The smallest absolute Gasteiger partial charge is 0.258 e. The number of nitrogens with one attached hydrogen (secondary N) is 2. The van der Waals surface area contributed by atoms with Crippen LogP contribution in [0, 0.1) is 6.92 Å². The Labute approximate surface area is 243 Å². The van der Waals surface area contributed by atoms with Gasteiger partial charge in [-0.1, -0.05) is 18.2 Å². The quantitative estimate of drug-likeness (QED) is 0.386. The highest BCUT2D eigenvalue weighted by molar-refractivity contribution is 5.96. The largest absolute Gasteiger partial charge is 0.497 e. The van der Waals surface area contributed by atoms with Crippen LogP contribution in [0.4, 0.5) is 5.69 Å². The van der Waals surface area contributed by atoms with Gasteiger partial charge in [0.15, 0.2) is 6.61 Å². The van der Waals surface area contributed by atoms with Gasteiger partial charge in [0.2, 0.25) is 0 Å². The number of pyridine rings is 1. The van der Waals surface area contributed by atoms with Crippen LogP contribution in [-0.4, -0.2) is 62.9 Å². The average molecular weight is 569 g/mol. The minimum absolute atomic E-state index is 0.225. The molecule has 4 aromatic rings. The average Bonchev–Trinajstić information content (AvgIpc) is 3.39. The Morgan fingerprint density at radius 3 is 2.64 bits per heavy atom. The van der Waals surface area contributed by atoms with E-state index in [-0.39, 0.29) is 37.1 Å². The zero-order valence-corrected chi connectivity index (χ0v) is 23.7. The first-order chi connectivity index (χ1) is 20.4. The third-order valence-electron chi connectivity index (χ3n) is 7.52. The number of hydrogen-bond acceptors (Lipinski definition) is 8. The molecule has 1 fully saturated rings. The highest BCUT2D eigenvalue weighted by atomic mass is 16.5. The van der Waals surface area contributed by atoms with E-state index in [2.05, 4.69) is 27.7 Å². The van der Waals surface area contributed by atoms with Gasteiger partial charge < -0.3 is 34.5 Å². The number of carbonyl (C=O) groups is 2. The van der Waals surface area contributed by atoms with E-state index in [4.69, 9.17) is 23.9 Å². The fraction of sp³-hybridized carbons (Fsp3) is 0.281. The number of methoxy groups -OCH3 is 2. The molecule has 2 atom stereocenters. The number of benzene rings is 3. The van der Waals surface area contributed by atoms with Gasteiger partial charge in [0.1, 0.15) is 29.1 Å². The monoisotopic (exact) mass is 568 g/mol. The normalized spacial score (nSPS) is 18.8.